The van der Waals surface area contributed by atoms with Gasteiger partial charge in [-0.25, -0.2) is 4.79 Å². The maximum Gasteiger partial charge on any atom is 0.322 e. The zero-order valence-electron chi connectivity index (χ0n) is 19.2. The van der Waals surface area contributed by atoms with E-state index in [1.807, 2.05) is 18.7 Å². The molecule has 2 heterocycles. The number of hydrogen-bond acceptors (Lipinski definition) is 8. The van der Waals surface area contributed by atoms with Gasteiger partial charge >= 0.3 is 12.0 Å². The molecular formula is C21H35N3O7S2. The maximum absolute atomic E-state index is 12.3. The maximum atomic E-state index is 12.3. The van der Waals surface area contributed by atoms with Gasteiger partial charge in [0.25, 0.3) is 0 Å². The number of carboxylic acids is 1. The zero-order chi connectivity index (χ0) is 24.3. The minimum Gasteiger partial charge on any atom is -0.480 e. The van der Waals surface area contributed by atoms with Crippen molar-refractivity contribution >= 4 is 46.5 Å². The van der Waals surface area contributed by atoms with Gasteiger partial charge in [-0.1, -0.05) is 18.2 Å². The summed E-state index contributed by atoms with van der Waals surface area (Å²) in [5, 5.41) is 18.4. The van der Waals surface area contributed by atoms with Crippen molar-refractivity contribution in [3.05, 3.63) is 0 Å². The van der Waals surface area contributed by atoms with Gasteiger partial charge in [0, 0.05) is 44.1 Å². The van der Waals surface area contributed by atoms with E-state index in [-0.39, 0.29) is 55.1 Å². The van der Waals surface area contributed by atoms with E-state index < -0.39 is 10.7 Å². The Balaban J connectivity index is 1.73. The summed E-state index contributed by atoms with van der Waals surface area (Å²) in [7, 11) is 0. The van der Waals surface area contributed by atoms with Crippen LogP contribution >= 0.6 is 23.5 Å². The van der Waals surface area contributed by atoms with Gasteiger partial charge < -0.3 is 30.5 Å². The van der Waals surface area contributed by atoms with E-state index in [1.165, 1.54) is 6.92 Å². The third-order valence-corrected chi connectivity index (χ3v) is 8.32. The lowest BCUT2D eigenvalue weighted by Gasteiger charge is -2.28. The molecule has 0 bridgehead atoms. The average molecular weight is 506 g/mol. The van der Waals surface area contributed by atoms with Gasteiger partial charge in [-0.05, 0) is 26.2 Å². The molecule has 2 saturated heterocycles. The van der Waals surface area contributed by atoms with Gasteiger partial charge in [-0.15, -0.1) is 0 Å². The lowest BCUT2D eigenvalue weighted by molar-refractivity contribution is -0.140. The Labute approximate surface area is 203 Å². The van der Waals surface area contributed by atoms with Crippen molar-refractivity contribution in [1.29, 1.82) is 0 Å². The molecule has 1 unspecified atom stereocenters. The number of urea groups is 1. The number of unbranched alkanes of at least 4 members (excludes halogenated alkanes) is 1. The van der Waals surface area contributed by atoms with Crippen LogP contribution in [0.5, 0.6) is 0 Å². The fraction of sp³-hybridized carbons (Fsp3) is 0.810. The van der Waals surface area contributed by atoms with Gasteiger partial charge in [0.05, 0.1) is 25.3 Å². The topological polar surface area (TPSA) is 143 Å². The number of hydrogen-bond donors (Lipinski definition) is 4. The predicted octanol–water partition coefficient (Wildman–Crippen LogP) is 1.37. The summed E-state index contributed by atoms with van der Waals surface area (Å²) in [6, 6.07) is 0.216. The minimum absolute atomic E-state index is 0.0835. The molecule has 2 fully saturated rings. The molecule has 4 N–H and O–H groups in total. The highest BCUT2D eigenvalue weighted by Crippen LogP contribution is 2.33. The minimum atomic E-state index is -1.48. The van der Waals surface area contributed by atoms with Crippen molar-refractivity contribution in [2.45, 2.75) is 68.0 Å². The van der Waals surface area contributed by atoms with Crippen LogP contribution in [0.4, 0.5) is 4.79 Å². The molecule has 2 aliphatic rings. The summed E-state index contributed by atoms with van der Waals surface area (Å²) < 4.78 is 9.14. The van der Waals surface area contributed by atoms with Crippen molar-refractivity contribution in [3.8, 4) is 0 Å². The van der Waals surface area contributed by atoms with Crippen LogP contribution in [0.25, 0.3) is 0 Å². The first-order valence-corrected chi connectivity index (χ1v) is 13.2. The van der Waals surface area contributed by atoms with Crippen LogP contribution in [-0.4, -0.2) is 88.9 Å². The Morgan fingerprint density at radius 1 is 1.21 bits per heavy atom. The van der Waals surface area contributed by atoms with Crippen LogP contribution in [0, 0.1) is 0 Å². The van der Waals surface area contributed by atoms with Crippen LogP contribution in [0.1, 0.15) is 46.0 Å². The van der Waals surface area contributed by atoms with E-state index in [4.69, 9.17) is 9.47 Å². The Kier molecular flexibility index (Phi) is 11.8. The summed E-state index contributed by atoms with van der Waals surface area (Å²) in [5.41, 5.74) is 0. The summed E-state index contributed by atoms with van der Waals surface area (Å²) >= 11 is 2.55. The van der Waals surface area contributed by atoms with E-state index in [0.717, 1.165) is 18.6 Å². The summed E-state index contributed by atoms with van der Waals surface area (Å²) in [5.74, 6) is -0.499. The van der Waals surface area contributed by atoms with Gasteiger partial charge in [-0.2, -0.15) is 11.8 Å². The summed E-state index contributed by atoms with van der Waals surface area (Å²) in [6.45, 7) is 4.49. The molecule has 2 aliphatic heterocycles. The zero-order valence-corrected chi connectivity index (χ0v) is 20.9. The summed E-state index contributed by atoms with van der Waals surface area (Å²) in [4.78, 5) is 47.5. The van der Waals surface area contributed by atoms with Crippen molar-refractivity contribution in [2.24, 2.45) is 0 Å². The van der Waals surface area contributed by atoms with Crippen LogP contribution in [-0.2, 0) is 23.9 Å². The monoisotopic (exact) mass is 505 g/mol. The molecule has 0 aromatic carbocycles. The quantitative estimate of drug-likeness (QED) is 0.181. The Morgan fingerprint density at radius 2 is 1.97 bits per heavy atom. The van der Waals surface area contributed by atoms with Crippen LogP contribution in [0.3, 0.4) is 0 Å². The first-order chi connectivity index (χ1) is 15.8. The highest BCUT2D eigenvalue weighted by molar-refractivity contribution is 8.15. The van der Waals surface area contributed by atoms with E-state index in [1.54, 1.807) is 0 Å². The highest BCUT2D eigenvalue weighted by Gasteiger charge is 2.43. The molecule has 0 aliphatic carbocycles. The number of carbonyl (C=O) groups is 4. The molecule has 0 saturated carbocycles. The second kappa shape index (κ2) is 14.0. The first-order valence-electron chi connectivity index (χ1n) is 11.3. The molecule has 0 radical (unpaired) electrons. The molecule has 188 valence electrons. The molecule has 0 aromatic heterocycles. The lowest BCUT2D eigenvalue weighted by atomic mass is 10.0. The SMILES string of the molecule is CCOCCOCCC(CNC(=O)CCCC[C@@H]1SC[C@@H]2NC(=O)N[C@@H]21)(SC(C)=O)C(=O)O. The number of carboxylic acid groups (broad SMARTS) is 1. The summed E-state index contributed by atoms with van der Waals surface area (Å²) in [6.07, 6.45) is 2.77. The number of thioether (sulfide) groups is 2. The van der Waals surface area contributed by atoms with Gasteiger partial charge in [0.1, 0.15) is 4.75 Å². The Bertz CT molecular complexity index is 697. The second-order valence-electron chi connectivity index (χ2n) is 8.10. The van der Waals surface area contributed by atoms with Gasteiger partial charge in [-0.3, -0.25) is 14.4 Å². The number of aliphatic carboxylic acids is 1. The number of ether oxygens (including phenoxy) is 2. The van der Waals surface area contributed by atoms with Crippen LogP contribution in [0.15, 0.2) is 0 Å². The molecule has 33 heavy (non-hydrogen) atoms. The third-order valence-electron chi connectivity index (χ3n) is 5.61. The van der Waals surface area contributed by atoms with E-state index in [9.17, 15) is 24.3 Å². The van der Waals surface area contributed by atoms with E-state index >= 15 is 0 Å². The molecular weight excluding hydrogens is 470 g/mol. The Hall–Kier alpha value is -1.50. The number of amides is 3. The molecule has 4 atom stereocenters. The van der Waals surface area contributed by atoms with E-state index in [0.29, 0.717) is 43.3 Å². The average Bonchev–Trinajstić information content (AvgIpc) is 3.30. The standard InChI is InChI=1S/C21H35N3O7S2/c1-3-30-10-11-31-9-8-21(19(27)28,33-14(2)25)13-22-17(26)7-5-4-6-16-18-15(12-32-16)23-20(29)24-18/h15-16,18H,3-13H2,1-2H3,(H,22,26)(H,27,28)(H2,23,24,29)/t15-,16-,18-,21?/m0/s1. The van der Waals surface area contributed by atoms with Gasteiger partial charge in [0.2, 0.25) is 5.91 Å². The molecule has 0 spiro atoms. The largest absolute Gasteiger partial charge is 0.480 e. The van der Waals surface area contributed by atoms with Crippen molar-refractivity contribution in [1.82, 2.24) is 16.0 Å². The van der Waals surface area contributed by atoms with Crippen LogP contribution < -0.4 is 16.0 Å². The van der Waals surface area contributed by atoms with Crippen molar-refractivity contribution < 1.29 is 33.8 Å². The molecule has 3 amide bonds. The Morgan fingerprint density at radius 3 is 2.67 bits per heavy atom. The predicted molar refractivity (Wildman–Crippen MR) is 128 cm³/mol. The molecule has 12 heteroatoms. The second-order valence-corrected chi connectivity index (χ2v) is 10.9. The molecule has 0 aromatic rings. The first kappa shape index (κ1) is 27.7. The third kappa shape index (κ3) is 8.99. The number of fused-ring (bicyclic) bond motifs is 1. The lowest BCUT2D eigenvalue weighted by Crippen LogP contribution is -2.48. The smallest absolute Gasteiger partial charge is 0.322 e. The molecule has 2 rings (SSSR count). The normalized spacial score (nSPS) is 23.3. The van der Waals surface area contributed by atoms with Crippen LogP contribution in [0.2, 0.25) is 0 Å². The van der Waals surface area contributed by atoms with E-state index in [2.05, 4.69) is 16.0 Å². The fourth-order valence-corrected chi connectivity index (χ4v) is 6.39. The number of nitrogens with one attached hydrogen (secondary N) is 3. The number of carbonyl (C=O) groups excluding carboxylic acids is 3. The molecule has 10 nitrogen and oxygen atoms in total. The van der Waals surface area contributed by atoms with Crippen molar-refractivity contribution in [3.63, 3.8) is 0 Å². The highest BCUT2D eigenvalue weighted by atomic mass is 32.2. The fourth-order valence-electron chi connectivity index (χ4n) is 3.88. The van der Waals surface area contributed by atoms with Crippen molar-refractivity contribution in [2.75, 3.05) is 38.7 Å². The number of rotatable bonds is 16. The van der Waals surface area contributed by atoms with Gasteiger partial charge in [0.15, 0.2) is 5.12 Å².